The van der Waals surface area contributed by atoms with E-state index in [9.17, 15) is 24.6 Å². The Bertz CT molecular complexity index is 605. The van der Waals surface area contributed by atoms with Crippen LogP contribution >= 0.6 is 0 Å². The second kappa shape index (κ2) is 18.2. The van der Waals surface area contributed by atoms with Crippen LogP contribution in [0.25, 0.3) is 0 Å². The zero-order chi connectivity index (χ0) is 18.8. The molecular weight excluding hydrogens is 395 g/mol. The zero-order valence-electron chi connectivity index (χ0n) is 14.4. The van der Waals surface area contributed by atoms with Gasteiger partial charge < -0.3 is 20.6 Å². The minimum absolute atomic E-state index is 0. The van der Waals surface area contributed by atoms with Crippen LogP contribution in [-0.4, -0.2) is 128 Å². The molecule has 0 aliphatic heterocycles. The molecule has 0 fully saturated rings. The fourth-order valence-electron chi connectivity index (χ4n) is 2.63. The molecule has 1 rings (SSSR count). The zero-order valence-corrected chi connectivity index (χ0v) is 14.4. The molecule has 0 atom stereocenters. The van der Waals surface area contributed by atoms with Crippen LogP contribution in [-0.2, 0) is 0 Å². The van der Waals surface area contributed by atoms with Gasteiger partial charge in [0.2, 0.25) is 0 Å². The van der Waals surface area contributed by atoms with Crippen molar-refractivity contribution in [2.24, 2.45) is 0 Å². The maximum absolute atomic E-state index is 11.3. The Balaban J connectivity index is -0.00000208. The number of nitrogens with one attached hydrogen (secondary N) is 1. The molecule has 0 aliphatic carbocycles. The van der Waals surface area contributed by atoms with Crippen molar-refractivity contribution < 1.29 is 29.7 Å². The Morgan fingerprint density at radius 1 is 0.750 bits per heavy atom. The van der Waals surface area contributed by atoms with E-state index in [0.29, 0.717) is 12.2 Å². The summed E-state index contributed by atoms with van der Waals surface area (Å²) < 4.78 is 0. The van der Waals surface area contributed by atoms with Crippen LogP contribution < -0.4 is 5.32 Å². The van der Waals surface area contributed by atoms with Crippen LogP contribution in [0.1, 0.15) is 82.9 Å². The van der Waals surface area contributed by atoms with Crippen molar-refractivity contribution in [1.29, 1.82) is 0 Å². The number of anilines is 1. The number of hydrogen-bond acceptors (Lipinski definition) is 4. The molecule has 0 aliphatic rings. The average Bonchev–Trinajstić information content (AvgIpc) is 2.56. The number of carboxylic acid groups (broad SMARTS) is 3. The van der Waals surface area contributed by atoms with Crippen molar-refractivity contribution in [3.05, 3.63) is 28.8 Å². The van der Waals surface area contributed by atoms with Gasteiger partial charge in [0, 0.05) is 12.2 Å². The minimum atomic E-state index is -1.58. The van der Waals surface area contributed by atoms with Crippen LogP contribution in [0.2, 0.25) is 0 Å². The maximum atomic E-state index is 11.3. The SMILES string of the molecule is CCCCCCCCCNc1cc(C(=O)O)c(C(=O)O)c(C(=O)O)c1.[NaH].[NaH].[NaH]. The van der Waals surface area contributed by atoms with Crippen molar-refractivity contribution in [3.63, 3.8) is 0 Å². The van der Waals surface area contributed by atoms with E-state index >= 15 is 0 Å². The molecule has 0 saturated heterocycles. The fourth-order valence-corrected chi connectivity index (χ4v) is 2.63. The summed E-state index contributed by atoms with van der Waals surface area (Å²) in [6.45, 7) is 2.73. The van der Waals surface area contributed by atoms with Gasteiger partial charge in [-0.05, 0) is 18.6 Å². The van der Waals surface area contributed by atoms with Gasteiger partial charge >= 0.3 is 107 Å². The first kappa shape index (κ1) is 33.1. The first-order valence-electron chi connectivity index (χ1n) is 8.50. The first-order chi connectivity index (χ1) is 11.9. The molecule has 144 valence electrons. The van der Waals surface area contributed by atoms with E-state index in [1.165, 1.54) is 37.8 Å². The molecule has 10 heteroatoms. The number of rotatable bonds is 12. The molecule has 0 unspecified atom stereocenters. The molecule has 0 radical (unpaired) electrons. The van der Waals surface area contributed by atoms with Gasteiger partial charge in [0.15, 0.2) is 0 Å². The quantitative estimate of drug-likeness (QED) is 0.299. The predicted octanol–water partition coefficient (Wildman–Crippen LogP) is 2.00. The third-order valence-electron chi connectivity index (χ3n) is 3.92. The second-order valence-corrected chi connectivity index (χ2v) is 5.91. The summed E-state index contributed by atoms with van der Waals surface area (Å²) >= 11 is 0. The molecular formula is C18H28NNa3O6. The van der Waals surface area contributed by atoms with Gasteiger partial charge in [-0.25, -0.2) is 14.4 Å². The monoisotopic (exact) mass is 423 g/mol. The Kier molecular flexibility index (Phi) is 21.5. The van der Waals surface area contributed by atoms with Gasteiger partial charge in [-0.1, -0.05) is 45.4 Å². The Morgan fingerprint density at radius 3 is 1.57 bits per heavy atom. The van der Waals surface area contributed by atoms with E-state index in [1.54, 1.807) is 0 Å². The van der Waals surface area contributed by atoms with Crippen molar-refractivity contribution in [1.82, 2.24) is 0 Å². The summed E-state index contributed by atoms with van der Waals surface area (Å²) in [6, 6.07) is 2.33. The molecule has 7 nitrogen and oxygen atoms in total. The summed E-state index contributed by atoms with van der Waals surface area (Å²) in [4.78, 5) is 33.8. The fraction of sp³-hybridized carbons (Fsp3) is 0.500. The Morgan fingerprint density at radius 2 is 1.18 bits per heavy atom. The van der Waals surface area contributed by atoms with Crippen molar-refractivity contribution in [2.75, 3.05) is 11.9 Å². The van der Waals surface area contributed by atoms with Crippen molar-refractivity contribution in [3.8, 4) is 0 Å². The summed E-state index contributed by atoms with van der Waals surface area (Å²) in [5.74, 6) is -4.52. The van der Waals surface area contributed by atoms with E-state index in [2.05, 4.69) is 12.2 Å². The molecule has 1 aromatic carbocycles. The van der Waals surface area contributed by atoms with Crippen LogP contribution in [0.15, 0.2) is 12.1 Å². The van der Waals surface area contributed by atoms with Gasteiger partial charge in [0.05, 0.1) is 16.7 Å². The standard InChI is InChI=1S/C18H25NO6.3Na.3H/c1-2-3-4-5-6-7-8-9-19-12-10-13(16(20)21)15(18(24)25)14(11-12)17(22)23;;;;;;/h10-11,19H,2-9H2,1H3,(H,20,21)(H,22,23)(H,24,25);;;;;;. The number of hydrogen-bond donors (Lipinski definition) is 4. The van der Waals surface area contributed by atoms with Crippen molar-refractivity contribution >= 4 is 112 Å². The molecule has 0 aromatic heterocycles. The topological polar surface area (TPSA) is 124 Å². The van der Waals surface area contributed by atoms with E-state index in [0.717, 1.165) is 19.3 Å². The molecule has 0 heterocycles. The number of aromatic carboxylic acids is 3. The molecule has 1 aromatic rings. The van der Waals surface area contributed by atoms with Gasteiger partial charge in [-0.2, -0.15) is 0 Å². The summed E-state index contributed by atoms with van der Waals surface area (Å²) in [6.07, 6.45) is 7.88. The van der Waals surface area contributed by atoms with Gasteiger partial charge in [-0.3, -0.25) is 0 Å². The average molecular weight is 423 g/mol. The van der Waals surface area contributed by atoms with E-state index in [4.69, 9.17) is 5.11 Å². The molecule has 0 spiro atoms. The second-order valence-electron chi connectivity index (χ2n) is 5.91. The van der Waals surface area contributed by atoms with Crippen LogP contribution in [0.4, 0.5) is 5.69 Å². The van der Waals surface area contributed by atoms with Crippen molar-refractivity contribution in [2.45, 2.75) is 51.9 Å². The van der Waals surface area contributed by atoms with Crippen LogP contribution in [0.5, 0.6) is 0 Å². The van der Waals surface area contributed by atoms with E-state index in [1.807, 2.05) is 0 Å². The van der Waals surface area contributed by atoms with Crippen LogP contribution in [0.3, 0.4) is 0 Å². The Labute approximate surface area is 231 Å². The predicted molar refractivity (Wildman–Crippen MR) is 115 cm³/mol. The third kappa shape index (κ3) is 11.6. The summed E-state index contributed by atoms with van der Waals surface area (Å²) in [5.41, 5.74) is -1.48. The summed E-state index contributed by atoms with van der Waals surface area (Å²) in [5, 5.41) is 30.5. The normalized spacial score (nSPS) is 9.32. The Hall–Kier alpha value is 0.430. The first-order valence-corrected chi connectivity index (χ1v) is 8.50. The summed E-state index contributed by atoms with van der Waals surface area (Å²) in [7, 11) is 0. The number of carbonyl (C=O) groups is 3. The molecule has 4 N–H and O–H groups in total. The molecule has 0 bridgehead atoms. The number of benzene rings is 1. The number of unbranched alkanes of at least 4 members (excludes halogenated alkanes) is 6. The number of carboxylic acids is 3. The molecule has 28 heavy (non-hydrogen) atoms. The van der Waals surface area contributed by atoms with Crippen LogP contribution in [0, 0.1) is 0 Å². The van der Waals surface area contributed by atoms with Gasteiger partial charge in [0.25, 0.3) is 0 Å². The van der Waals surface area contributed by atoms with E-state index < -0.39 is 34.6 Å². The third-order valence-corrected chi connectivity index (χ3v) is 3.92. The molecule has 0 saturated carbocycles. The molecule has 0 amide bonds. The van der Waals surface area contributed by atoms with E-state index in [-0.39, 0.29) is 88.7 Å². The van der Waals surface area contributed by atoms with Gasteiger partial charge in [-0.15, -0.1) is 0 Å². The van der Waals surface area contributed by atoms with Gasteiger partial charge in [0.1, 0.15) is 0 Å².